The SMILES string of the molecule is C[C@@H]1[C@@H](CO[Si](c2ccccc2)(c2ccccc2)C(C)(C)C)O[C@]1(CO)N=[N+]=[N-]. The molecule has 6 nitrogen and oxygen atoms in total. The summed E-state index contributed by atoms with van der Waals surface area (Å²) in [6, 6.07) is 20.8. The largest absolute Gasteiger partial charge is 0.405 e. The molecule has 0 saturated carbocycles. The van der Waals surface area contributed by atoms with E-state index in [1.807, 2.05) is 19.1 Å². The summed E-state index contributed by atoms with van der Waals surface area (Å²) in [6.07, 6.45) is -0.241. The molecular formula is C22H29N3O3Si. The maximum atomic E-state index is 9.65. The maximum absolute atomic E-state index is 9.65. The van der Waals surface area contributed by atoms with E-state index in [1.54, 1.807) is 0 Å². The molecule has 0 unspecified atom stereocenters. The zero-order valence-electron chi connectivity index (χ0n) is 17.4. The zero-order chi connectivity index (χ0) is 21.1. The molecule has 0 bridgehead atoms. The molecule has 1 heterocycles. The third-order valence-corrected chi connectivity index (χ3v) is 11.0. The molecule has 0 spiro atoms. The number of aliphatic hydroxyl groups excluding tert-OH is 1. The summed E-state index contributed by atoms with van der Waals surface area (Å²) >= 11 is 0. The summed E-state index contributed by atoms with van der Waals surface area (Å²) in [5.74, 6) is -0.137. The van der Waals surface area contributed by atoms with Crippen LogP contribution in [0, 0.1) is 5.92 Å². The average molecular weight is 412 g/mol. The van der Waals surface area contributed by atoms with Crippen LogP contribution in [-0.2, 0) is 9.16 Å². The zero-order valence-corrected chi connectivity index (χ0v) is 18.4. The molecule has 154 valence electrons. The topological polar surface area (TPSA) is 87.5 Å². The van der Waals surface area contributed by atoms with Gasteiger partial charge in [0.25, 0.3) is 8.32 Å². The first kappa shape index (κ1) is 21.6. The second-order valence-corrected chi connectivity index (χ2v) is 12.9. The van der Waals surface area contributed by atoms with Gasteiger partial charge in [0.15, 0.2) is 5.72 Å². The molecule has 3 atom stereocenters. The van der Waals surface area contributed by atoms with Crippen molar-refractivity contribution >= 4 is 18.7 Å². The summed E-state index contributed by atoms with van der Waals surface area (Å²) in [6.45, 7) is 8.63. The summed E-state index contributed by atoms with van der Waals surface area (Å²) in [7, 11) is -2.65. The molecule has 7 heteroatoms. The first-order valence-electron chi connectivity index (χ1n) is 9.90. The van der Waals surface area contributed by atoms with Gasteiger partial charge in [0.2, 0.25) is 0 Å². The summed E-state index contributed by atoms with van der Waals surface area (Å²) in [5.41, 5.74) is 7.62. The number of ether oxygens (including phenoxy) is 1. The Morgan fingerprint density at radius 3 is 2.00 bits per heavy atom. The highest BCUT2D eigenvalue weighted by atomic mass is 28.4. The van der Waals surface area contributed by atoms with Crippen molar-refractivity contribution < 1.29 is 14.3 Å². The van der Waals surface area contributed by atoms with Crippen LogP contribution in [0.2, 0.25) is 5.04 Å². The number of rotatable bonds is 7. The van der Waals surface area contributed by atoms with Crippen molar-refractivity contribution in [2.24, 2.45) is 11.0 Å². The molecule has 1 saturated heterocycles. The van der Waals surface area contributed by atoms with Crippen molar-refractivity contribution in [1.82, 2.24) is 0 Å². The number of aliphatic hydroxyl groups is 1. The summed E-state index contributed by atoms with van der Waals surface area (Å²) in [5, 5.41) is 15.6. The fourth-order valence-corrected chi connectivity index (χ4v) is 8.81. The lowest BCUT2D eigenvalue weighted by molar-refractivity contribution is -0.272. The van der Waals surface area contributed by atoms with E-state index in [-0.39, 0.29) is 23.7 Å². The first-order chi connectivity index (χ1) is 13.8. The second kappa shape index (κ2) is 8.30. The van der Waals surface area contributed by atoms with Crippen LogP contribution in [-0.4, -0.2) is 38.5 Å². The summed E-state index contributed by atoms with van der Waals surface area (Å²) in [4.78, 5) is 2.84. The molecule has 1 aliphatic rings. The smallest absolute Gasteiger partial charge is 0.261 e. The number of hydrogen-bond acceptors (Lipinski definition) is 4. The fourth-order valence-electron chi connectivity index (χ4n) is 4.24. The molecule has 1 aliphatic heterocycles. The predicted molar refractivity (Wildman–Crippen MR) is 117 cm³/mol. The number of hydrogen-bond donors (Lipinski definition) is 1. The van der Waals surface area contributed by atoms with E-state index >= 15 is 0 Å². The van der Waals surface area contributed by atoms with Crippen LogP contribution in [0.4, 0.5) is 0 Å². The first-order valence-corrected chi connectivity index (χ1v) is 11.8. The Hall–Kier alpha value is -2.15. The van der Waals surface area contributed by atoms with Gasteiger partial charge in [-0.25, -0.2) is 0 Å². The minimum Gasteiger partial charge on any atom is -0.405 e. The second-order valence-electron chi connectivity index (χ2n) is 8.61. The van der Waals surface area contributed by atoms with Crippen molar-refractivity contribution in [3.63, 3.8) is 0 Å². The van der Waals surface area contributed by atoms with Gasteiger partial charge in [-0.2, -0.15) is 0 Å². The van der Waals surface area contributed by atoms with Gasteiger partial charge in [0.1, 0.15) is 0 Å². The predicted octanol–water partition coefficient (Wildman–Crippen LogP) is 3.60. The van der Waals surface area contributed by atoms with E-state index < -0.39 is 14.0 Å². The van der Waals surface area contributed by atoms with Crippen LogP contribution in [0.3, 0.4) is 0 Å². The van der Waals surface area contributed by atoms with Gasteiger partial charge in [0, 0.05) is 10.8 Å². The van der Waals surface area contributed by atoms with E-state index in [4.69, 9.17) is 14.7 Å². The Bertz CT molecular complexity index is 826. The molecule has 1 N–H and O–H groups in total. The van der Waals surface area contributed by atoms with Crippen LogP contribution in [0.25, 0.3) is 10.4 Å². The highest BCUT2D eigenvalue weighted by molar-refractivity contribution is 6.99. The third kappa shape index (κ3) is 3.72. The number of benzene rings is 2. The van der Waals surface area contributed by atoms with E-state index in [1.165, 1.54) is 10.4 Å². The maximum Gasteiger partial charge on any atom is 0.261 e. The minimum atomic E-state index is -2.65. The highest BCUT2D eigenvalue weighted by Crippen LogP contribution is 2.42. The van der Waals surface area contributed by atoms with E-state index in [2.05, 4.69) is 79.3 Å². The Labute approximate surface area is 173 Å². The fraction of sp³-hybridized carbons (Fsp3) is 0.455. The molecule has 1 fully saturated rings. The lowest BCUT2D eigenvalue weighted by atomic mass is 9.86. The Morgan fingerprint density at radius 1 is 1.10 bits per heavy atom. The molecule has 0 radical (unpaired) electrons. The quantitative estimate of drug-likeness (QED) is 0.327. The molecule has 3 rings (SSSR count). The van der Waals surface area contributed by atoms with E-state index in [0.29, 0.717) is 6.61 Å². The van der Waals surface area contributed by atoms with Gasteiger partial charge in [-0.05, 0) is 20.9 Å². The minimum absolute atomic E-state index is 0.123. The van der Waals surface area contributed by atoms with Crippen LogP contribution in [0.15, 0.2) is 65.8 Å². The standard InChI is InChI=1S/C22H29N3O3Si/c1-17-20(28-22(17,16-26)24-25-23)15-27-29(21(2,3)4,18-11-7-5-8-12-18)19-13-9-6-10-14-19/h5-14,17,20,26H,15-16H2,1-4H3/t17-,20-,22+/m1/s1. The third-order valence-electron chi connectivity index (χ3n) is 5.95. The monoisotopic (exact) mass is 411 g/mol. The molecule has 2 aromatic rings. The number of nitrogens with zero attached hydrogens (tertiary/aromatic N) is 3. The summed E-state index contributed by atoms with van der Waals surface area (Å²) < 4.78 is 12.7. The van der Waals surface area contributed by atoms with Gasteiger partial charge in [0.05, 0.1) is 19.3 Å². The lowest BCUT2D eigenvalue weighted by Crippen LogP contribution is -2.69. The van der Waals surface area contributed by atoms with Crippen LogP contribution in [0.1, 0.15) is 27.7 Å². The molecule has 0 aliphatic carbocycles. The van der Waals surface area contributed by atoms with Gasteiger partial charge in [-0.1, -0.05) is 93.5 Å². The van der Waals surface area contributed by atoms with Crippen molar-refractivity contribution in [3.8, 4) is 0 Å². The Morgan fingerprint density at radius 2 is 1.62 bits per heavy atom. The van der Waals surface area contributed by atoms with Crippen molar-refractivity contribution in [1.29, 1.82) is 0 Å². The van der Waals surface area contributed by atoms with Crippen LogP contribution >= 0.6 is 0 Å². The molecule has 0 amide bonds. The van der Waals surface area contributed by atoms with Gasteiger partial charge in [-0.3, -0.25) is 0 Å². The van der Waals surface area contributed by atoms with E-state index in [9.17, 15) is 5.11 Å². The Balaban J connectivity index is 1.96. The van der Waals surface area contributed by atoms with Crippen LogP contribution < -0.4 is 10.4 Å². The van der Waals surface area contributed by atoms with Crippen molar-refractivity contribution in [2.45, 2.75) is 44.6 Å². The highest BCUT2D eigenvalue weighted by Gasteiger charge is 2.55. The van der Waals surface area contributed by atoms with Crippen molar-refractivity contribution in [2.75, 3.05) is 13.2 Å². The van der Waals surface area contributed by atoms with Gasteiger partial charge < -0.3 is 14.3 Å². The van der Waals surface area contributed by atoms with E-state index in [0.717, 1.165) is 0 Å². The molecule has 0 aromatic heterocycles. The lowest BCUT2D eigenvalue weighted by Gasteiger charge is -2.51. The van der Waals surface area contributed by atoms with Gasteiger partial charge in [-0.15, -0.1) is 0 Å². The average Bonchev–Trinajstić information content (AvgIpc) is 2.72. The van der Waals surface area contributed by atoms with Gasteiger partial charge >= 0.3 is 0 Å². The molecular weight excluding hydrogens is 382 g/mol. The van der Waals surface area contributed by atoms with Crippen LogP contribution in [0.5, 0.6) is 0 Å². The number of azide groups is 1. The van der Waals surface area contributed by atoms with Crippen molar-refractivity contribution in [3.05, 3.63) is 71.1 Å². The normalized spacial score (nSPS) is 24.4. The Kier molecular flexibility index (Phi) is 6.17. The molecule has 2 aromatic carbocycles. The molecule has 29 heavy (non-hydrogen) atoms.